The van der Waals surface area contributed by atoms with Gasteiger partial charge in [-0.1, -0.05) is 12.1 Å². The van der Waals surface area contributed by atoms with Crippen LogP contribution in [0.25, 0.3) is 0 Å². The molecular weight excluding hydrogens is 297 g/mol. The lowest BCUT2D eigenvalue weighted by molar-refractivity contribution is -0.153. The molecule has 7 heteroatoms. The summed E-state index contributed by atoms with van der Waals surface area (Å²) in [6, 6.07) is 6.51. The SMILES string of the molecule is O=C(CC1CCCN1)NCc1cccc(OCC(F)(F)F)c1. The maximum Gasteiger partial charge on any atom is 0.422 e. The summed E-state index contributed by atoms with van der Waals surface area (Å²) in [5, 5.41) is 6.01. The van der Waals surface area contributed by atoms with E-state index in [9.17, 15) is 18.0 Å². The molecule has 1 aromatic rings. The van der Waals surface area contributed by atoms with Crippen molar-refractivity contribution in [3.8, 4) is 5.75 Å². The highest BCUT2D eigenvalue weighted by molar-refractivity contribution is 5.76. The second kappa shape index (κ2) is 7.49. The van der Waals surface area contributed by atoms with Crippen LogP contribution in [0.1, 0.15) is 24.8 Å². The molecule has 1 amide bonds. The molecule has 0 aliphatic carbocycles. The van der Waals surface area contributed by atoms with Crippen LogP contribution in [0, 0.1) is 0 Å². The van der Waals surface area contributed by atoms with Crippen LogP contribution in [0.4, 0.5) is 13.2 Å². The normalized spacial score (nSPS) is 18.2. The van der Waals surface area contributed by atoms with Crippen molar-refractivity contribution in [3.05, 3.63) is 29.8 Å². The van der Waals surface area contributed by atoms with Crippen LogP contribution in [0.3, 0.4) is 0 Å². The first-order valence-corrected chi connectivity index (χ1v) is 7.21. The van der Waals surface area contributed by atoms with Gasteiger partial charge in [0.05, 0.1) is 0 Å². The minimum Gasteiger partial charge on any atom is -0.484 e. The van der Waals surface area contributed by atoms with Gasteiger partial charge in [-0.2, -0.15) is 13.2 Å². The lowest BCUT2D eigenvalue weighted by atomic mass is 10.1. The molecule has 122 valence electrons. The Kier molecular flexibility index (Phi) is 5.65. The molecule has 1 unspecified atom stereocenters. The lowest BCUT2D eigenvalue weighted by Crippen LogP contribution is -2.31. The minimum absolute atomic E-state index is 0.0685. The topological polar surface area (TPSA) is 50.4 Å². The molecule has 22 heavy (non-hydrogen) atoms. The molecule has 0 aromatic heterocycles. The number of benzene rings is 1. The van der Waals surface area contributed by atoms with E-state index in [-0.39, 0.29) is 24.2 Å². The number of rotatable bonds is 6. The van der Waals surface area contributed by atoms with Crippen molar-refractivity contribution >= 4 is 5.91 Å². The van der Waals surface area contributed by atoms with Crippen molar-refractivity contribution in [1.29, 1.82) is 0 Å². The fraction of sp³-hybridized carbons (Fsp3) is 0.533. The van der Waals surface area contributed by atoms with Crippen molar-refractivity contribution in [2.45, 2.75) is 38.0 Å². The molecule has 0 radical (unpaired) electrons. The van der Waals surface area contributed by atoms with Crippen molar-refractivity contribution in [1.82, 2.24) is 10.6 Å². The Morgan fingerprint density at radius 2 is 2.23 bits per heavy atom. The van der Waals surface area contributed by atoms with Crippen LogP contribution >= 0.6 is 0 Å². The first-order valence-electron chi connectivity index (χ1n) is 7.21. The first kappa shape index (κ1) is 16.6. The molecule has 1 atom stereocenters. The fourth-order valence-corrected chi connectivity index (χ4v) is 2.34. The Morgan fingerprint density at radius 3 is 2.91 bits per heavy atom. The Morgan fingerprint density at radius 1 is 1.41 bits per heavy atom. The van der Waals surface area contributed by atoms with Gasteiger partial charge in [0.15, 0.2) is 6.61 Å². The van der Waals surface area contributed by atoms with E-state index in [1.165, 1.54) is 12.1 Å². The van der Waals surface area contributed by atoms with Gasteiger partial charge >= 0.3 is 6.18 Å². The Balaban J connectivity index is 1.78. The summed E-state index contributed by atoms with van der Waals surface area (Å²) in [5.41, 5.74) is 0.701. The van der Waals surface area contributed by atoms with Gasteiger partial charge in [0.25, 0.3) is 0 Å². The van der Waals surface area contributed by atoms with E-state index >= 15 is 0 Å². The van der Waals surface area contributed by atoms with Gasteiger partial charge in [0.1, 0.15) is 5.75 Å². The molecule has 1 fully saturated rings. The third kappa shape index (κ3) is 5.93. The Labute approximate surface area is 127 Å². The van der Waals surface area contributed by atoms with Gasteiger partial charge in [-0.3, -0.25) is 4.79 Å². The lowest BCUT2D eigenvalue weighted by Gasteiger charge is -2.12. The summed E-state index contributed by atoms with van der Waals surface area (Å²) in [6.07, 6.45) is -1.87. The molecular formula is C15H19F3N2O2. The Bertz CT molecular complexity index is 500. The number of alkyl halides is 3. The molecule has 1 saturated heterocycles. The van der Waals surface area contributed by atoms with Gasteiger partial charge in [-0.15, -0.1) is 0 Å². The maximum absolute atomic E-state index is 12.1. The minimum atomic E-state index is -4.36. The van der Waals surface area contributed by atoms with Gasteiger partial charge < -0.3 is 15.4 Å². The van der Waals surface area contributed by atoms with E-state index in [0.717, 1.165) is 19.4 Å². The zero-order valence-electron chi connectivity index (χ0n) is 12.1. The third-order valence-electron chi connectivity index (χ3n) is 3.38. The summed E-state index contributed by atoms with van der Waals surface area (Å²) in [6.45, 7) is -0.110. The highest BCUT2D eigenvalue weighted by Gasteiger charge is 2.28. The van der Waals surface area contributed by atoms with E-state index in [1.807, 2.05) is 0 Å². The summed E-state index contributed by atoms with van der Waals surface area (Å²) in [7, 11) is 0. The average molecular weight is 316 g/mol. The molecule has 1 aliphatic rings. The van der Waals surface area contributed by atoms with Crippen molar-refractivity contribution in [2.24, 2.45) is 0 Å². The number of ether oxygens (including phenoxy) is 1. The number of hydrogen-bond acceptors (Lipinski definition) is 3. The predicted molar refractivity (Wildman–Crippen MR) is 75.5 cm³/mol. The smallest absolute Gasteiger partial charge is 0.422 e. The molecule has 2 N–H and O–H groups in total. The van der Waals surface area contributed by atoms with Gasteiger partial charge in [0, 0.05) is 19.0 Å². The number of carbonyl (C=O) groups excluding carboxylic acids is 1. The molecule has 2 rings (SSSR count). The van der Waals surface area contributed by atoms with E-state index in [4.69, 9.17) is 0 Å². The highest BCUT2D eigenvalue weighted by atomic mass is 19.4. The quantitative estimate of drug-likeness (QED) is 0.847. The molecule has 0 spiro atoms. The monoisotopic (exact) mass is 316 g/mol. The summed E-state index contributed by atoms with van der Waals surface area (Å²) < 4.78 is 41.0. The van der Waals surface area contributed by atoms with E-state index in [2.05, 4.69) is 15.4 Å². The van der Waals surface area contributed by atoms with Crippen LogP contribution in [-0.2, 0) is 11.3 Å². The maximum atomic E-state index is 12.1. The highest BCUT2D eigenvalue weighted by Crippen LogP contribution is 2.19. The van der Waals surface area contributed by atoms with Crippen LogP contribution in [0.5, 0.6) is 5.75 Å². The number of nitrogens with one attached hydrogen (secondary N) is 2. The van der Waals surface area contributed by atoms with Gasteiger partial charge in [-0.25, -0.2) is 0 Å². The van der Waals surface area contributed by atoms with E-state index in [0.29, 0.717) is 12.0 Å². The summed E-state index contributed by atoms with van der Waals surface area (Å²) in [4.78, 5) is 11.8. The zero-order valence-corrected chi connectivity index (χ0v) is 12.1. The summed E-state index contributed by atoms with van der Waals surface area (Å²) >= 11 is 0. The largest absolute Gasteiger partial charge is 0.484 e. The standard InChI is InChI=1S/C15H19F3N2O2/c16-15(17,18)10-22-13-5-1-3-11(7-13)9-20-14(21)8-12-4-2-6-19-12/h1,3,5,7,12,19H,2,4,6,8-10H2,(H,20,21). The molecule has 4 nitrogen and oxygen atoms in total. The predicted octanol–water partition coefficient (Wildman–Crippen LogP) is 2.39. The number of carbonyl (C=O) groups is 1. The zero-order chi connectivity index (χ0) is 16.0. The van der Waals surface area contributed by atoms with Crippen molar-refractivity contribution < 1.29 is 22.7 Å². The third-order valence-corrected chi connectivity index (χ3v) is 3.38. The van der Waals surface area contributed by atoms with Gasteiger partial charge in [-0.05, 0) is 37.1 Å². The van der Waals surface area contributed by atoms with Crippen LogP contribution < -0.4 is 15.4 Å². The number of halogens is 3. The van der Waals surface area contributed by atoms with Crippen molar-refractivity contribution in [3.63, 3.8) is 0 Å². The Hall–Kier alpha value is -1.76. The van der Waals surface area contributed by atoms with Crippen LogP contribution in [-0.4, -0.2) is 31.3 Å². The molecule has 0 bridgehead atoms. The van der Waals surface area contributed by atoms with E-state index in [1.54, 1.807) is 12.1 Å². The van der Waals surface area contributed by atoms with Crippen LogP contribution in [0.2, 0.25) is 0 Å². The molecule has 0 saturated carbocycles. The van der Waals surface area contributed by atoms with Crippen LogP contribution in [0.15, 0.2) is 24.3 Å². The average Bonchev–Trinajstić information content (AvgIpc) is 2.96. The number of hydrogen-bond donors (Lipinski definition) is 2. The molecule has 1 aromatic carbocycles. The molecule has 1 heterocycles. The second-order valence-corrected chi connectivity index (χ2v) is 5.33. The summed E-state index contributed by atoms with van der Waals surface area (Å²) in [5.74, 6) is 0.0718. The van der Waals surface area contributed by atoms with Crippen molar-refractivity contribution in [2.75, 3.05) is 13.2 Å². The van der Waals surface area contributed by atoms with E-state index < -0.39 is 12.8 Å². The first-order chi connectivity index (χ1) is 10.4. The van der Waals surface area contributed by atoms with Gasteiger partial charge in [0.2, 0.25) is 5.91 Å². The fourth-order valence-electron chi connectivity index (χ4n) is 2.34. The molecule has 1 aliphatic heterocycles. The second-order valence-electron chi connectivity index (χ2n) is 5.33. The number of amides is 1.